The van der Waals surface area contributed by atoms with Gasteiger partial charge in [0.05, 0.1) is 0 Å². The van der Waals surface area contributed by atoms with Gasteiger partial charge in [0, 0.05) is 5.92 Å². The fourth-order valence-corrected chi connectivity index (χ4v) is 3.63. The molecule has 0 aliphatic heterocycles. The van der Waals surface area contributed by atoms with Crippen molar-refractivity contribution in [3.63, 3.8) is 0 Å². The zero-order valence-electron chi connectivity index (χ0n) is 10.3. The lowest BCUT2D eigenvalue weighted by atomic mass is 9.71. The third-order valence-electron chi connectivity index (χ3n) is 4.48. The van der Waals surface area contributed by atoms with Gasteiger partial charge in [-0.3, -0.25) is 4.79 Å². The molecule has 2 aliphatic carbocycles. The predicted molar refractivity (Wildman–Crippen MR) is 62.5 cm³/mol. The summed E-state index contributed by atoms with van der Waals surface area (Å²) < 4.78 is 0. The van der Waals surface area contributed by atoms with E-state index in [2.05, 4.69) is 26.8 Å². The molecule has 1 heteroatoms. The van der Waals surface area contributed by atoms with Crippen LogP contribution in [0.2, 0.25) is 0 Å². The number of ketones is 1. The third kappa shape index (κ3) is 1.77. The van der Waals surface area contributed by atoms with Crippen molar-refractivity contribution in [1.82, 2.24) is 0 Å². The second-order valence-electron chi connectivity index (χ2n) is 6.13. The Bertz CT molecular complexity index is 311. The molecule has 0 N–H and O–H groups in total. The van der Waals surface area contributed by atoms with E-state index in [-0.39, 0.29) is 0 Å². The molecule has 0 bridgehead atoms. The van der Waals surface area contributed by atoms with Crippen LogP contribution in [-0.2, 0) is 4.79 Å². The van der Waals surface area contributed by atoms with Gasteiger partial charge in [0.15, 0.2) is 0 Å². The van der Waals surface area contributed by atoms with E-state index in [0.29, 0.717) is 23.0 Å². The monoisotopic (exact) mass is 206 g/mol. The van der Waals surface area contributed by atoms with E-state index in [1.807, 2.05) is 0 Å². The first-order chi connectivity index (χ1) is 6.92. The van der Waals surface area contributed by atoms with Crippen LogP contribution in [0.1, 0.15) is 47.0 Å². The highest BCUT2D eigenvalue weighted by Gasteiger charge is 2.44. The van der Waals surface area contributed by atoms with Crippen LogP contribution in [0.5, 0.6) is 0 Å². The molecule has 0 saturated heterocycles. The molecular weight excluding hydrogens is 184 g/mol. The van der Waals surface area contributed by atoms with Crippen molar-refractivity contribution < 1.29 is 4.79 Å². The molecule has 0 amide bonds. The van der Waals surface area contributed by atoms with Crippen molar-refractivity contribution in [2.75, 3.05) is 0 Å². The normalized spacial score (nSPS) is 38.4. The minimum absolute atomic E-state index is 0.295. The number of hydrogen-bond donors (Lipinski definition) is 0. The van der Waals surface area contributed by atoms with Crippen molar-refractivity contribution in [2.45, 2.75) is 47.0 Å². The van der Waals surface area contributed by atoms with Crippen LogP contribution in [0.4, 0.5) is 0 Å². The fraction of sp³-hybridized carbons (Fsp3) is 0.786. The van der Waals surface area contributed by atoms with Gasteiger partial charge in [0.1, 0.15) is 5.78 Å². The molecule has 3 atom stereocenters. The zero-order chi connectivity index (χ0) is 11.2. The van der Waals surface area contributed by atoms with E-state index in [0.717, 1.165) is 18.8 Å². The summed E-state index contributed by atoms with van der Waals surface area (Å²) in [5.41, 5.74) is 2.04. The van der Waals surface area contributed by atoms with Gasteiger partial charge in [0.2, 0.25) is 0 Å². The zero-order valence-corrected chi connectivity index (χ0v) is 10.3. The predicted octanol–water partition coefficient (Wildman–Crippen LogP) is 3.59. The first-order valence-corrected chi connectivity index (χ1v) is 6.12. The van der Waals surface area contributed by atoms with Crippen LogP contribution in [-0.4, -0.2) is 5.78 Å². The van der Waals surface area contributed by atoms with Gasteiger partial charge in [-0.1, -0.05) is 32.4 Å². The molecule has 0 aromatic rings. The maximum Gasteiger partial charge on any atom is 0.133 e. The molecule has 1 saturated carbocycles. The van der Waals surface area contributed by atoms with Gasteiger partial charge in [-0.05, 0) is 43.4 Å². The minimum Gasteiger partial charge on any atom is -0.300 e. The molecule has 2 aliphatic rings. The summed E-state index contributed by atoms with van der Waals surface area (Å²) >= 11 is 0. The SMILES string of the molecule is CC(=O)C1CC=C2C(C)CC(C)(C)C2C1. The standard InChI is InChI=1S/C14H22O/c1-9-8-14(3,4)13-7-11(10(2)15)5-6-12(9)13/h6,9,11,13H,5,7-8H2,1-4H3. The van der Waals surface area contributed by atoms with E-state index < -0.39 is 0 Å². The molecule has 0 aromatic heterocycles. The topological polar surface area (TPSA) is 17.1 Å². The van der Waals surface area contributed by atoms with Crippen LogP contribution in [0.15, 0.2) is 11.6 Å². The van der Waals surface area contributed by atoms with Crippen LogP contribution >= 0.6 is 0 Å². The summed E-state index contributed by atoms with van der Waals surface area (Å²) in [6.07, 6.45) is 5.73. The maximum absolute atomic E-state index is 11.5. The average Bonchev–Trinajstić information content (AvgIpc) is 2.37. The number of carbonyl (C=O) groups excluding carboxylic acids is 1. The summed E-state index contributed by atoms with van der Waals surface area (Å²) in [6, 6.07) is 0. The summed E-state index contributed by atoms with van der Waals surface area (Å²) in [4.78, 5) is 11.5. The third-order valence-corrected chi connectivity index (χ3v) is 4.48. The number of allylic oxidation sites excluding steroid dienone is 2. The molecule has 1 fully saturated rings. The van der Waals surface area contributed by atoms with Crippen LogP contribution in [0.25, 0.3) is 0 Å². The second-order valence-corrected chi connectivity index (χ2v) is 6.13. The summed E-state index contributed by atoms with van der Waals surface area (Å²) in [5.74, 6) is 2.07. The lowest BCUT2D eigenvalue weighted by Gasteiger charge is -2.33. The fourth-order valence-electron chi connectivity index (χ4n) is 3.63. The van der Waals surface area contributed by atoms with Gasteiger partial charge in [-0.15, -0.1) is 0 Å². The van der Waals surface area contributed by atoms with E-state index >= 15 is 0 Å². The number of fused-ring (bicyclic) bond motifs is 1. The number of rotatable bonds is 1. The quantitative estimate of drug-likeness (QED) is 0.599. The van der Waals surface area contributed by atoms with Crippen molar-refractivity contribution in [3.8, 4) is 0 Å². The number of Topliss-reactive ketones (excluding diaryl/α,β-unsaturated/α-hetero) is 1. The van der Waals surface area contributed by atoms with E-state index in [1.165, 1.54) is 6.42 Å². The summed E-state index contributed by atoms with van der Waals surface area (Å²) in [7, 11) is 0. The Hall–Kier alpha value is -0.590. The molecular formula is C14H22O. The summed E-state index contributed by atoms with van der Waals surface area (Å²) in [5, 5.41) is 0. The number of carbonyl (C=O) groups is 1. The maximum atomic E-state index is 11.5. The van der Waals surface area contributed by atoms with Gasteiger partial charge in [-0.2, -0.15) is 0 Å². The highest BCUT2D eigenvalue weighted by atomic mass is 16.1. The molecule has 0 radical (unpaired) electrons. The Kier molecular flexibility index (Phi) is 2.52. The Balaban J connectivity index is 2.25. The van der Waals surface area contributed by atoms with Crippen LogP contribution in [0, 0.1) is 23.2 Å². The molecule has 0 aromatic carbocycles. The van der Waals surface area contributed by atoms with Crippen molar-refractivity contribution in [3.05, 3.63) is 11.6 Å². The number of hydrogen-bond acceptors (Lipinski definition) is 1. The van der Waals surface area contributed by atoms with Crippen molar-refractivity contribution in [2.24, 2.45) is 23.2 Å². The van der Waals surface area contributed by atoms with E-state index in [1.54, 1.807) is 12.5 Å². The molecule has 0 heterocycles. The van der Waals surface area contributed by atoms with Gasteiger partial charge in [-0.25, -0.2) is 0 Å². The van der Waals surface area contributed by atoms with Crippen LogP contribution < -0.4 is 0 Å². The largest absolute Gasteiger partial charge is 0.300 e. The van der Waals surface area contributed by atoms with Crippen molar-refractivity contribution >= 4 is 5.78 Å². The average molecular weight is 206 g/mol. The van der Waals surface area contributed by atoms with Crippen LogP contribution in [0.3, 0.4) is 0 Å². The molecule has 2 rings (SSSR count). The Morgan fingerprint density at radius 3 is 2.73 bits per heavy atom. The highest BCUT2D eigenvalue weighted by Crippen LogP contribution is 2.54. The Morgan fingerprint density at radius 2 is 2.13 bits per heavy atom. The van der Waals surface area contributed by atoms with E-state index in [4.69, 9.17) is 0 Å². The first-order valence-electron chi connectivity index (χ1n) is 6.12. The van der Waals surface area contributed by atoms with E-state index in [9.17, 15) is 4.79 Å². The first kappa shape index (κ1) is 10.9. The Labute approximate surface area is 92.9 Å². The molecule has 15 heavy (non-hydrogen) atoms. The molecule has 84 valence electrons. The molecule has 3 unspecified atom stereocenters. The highest BCUT2D eigenvalue weighted by molar-refractivity contribution is 5.78. The lowest BCUT2D eigenvalue weighted by molar-refractivity contribution is -0.121. The van der Waals surface area contributed by atoms with Crippen molar-refractivity contribution in [1.29, 1.82) is 0 Å². The Morgan fingerprint density at radius 1 is 1.47 bits per heavy atom. The smallest absolute Gasteiger partial charge is 0.133 e. The summed E-state index contributed by atoms with van der Waals surface area (Å²) in [6.45, 7) is 8.80. The second kappa shape index (κ2) is 3.47. The minimum atomic E-state index is 0.295. The molecule has 1 nitrogen and oxygen atoms in total. The van der Waals surface area contributed by atoms with Gasteiger partial charge < -0.3 is 0 Å². The van der Waals surface area contributed by atoms with Gasteiger partial charge >= 0.3 is 0 Å². The lowest BCUT2D eigenvalue weighted by Crippen LogP contribution is -2.26. The molecule has 0 spiro atoms. The van der Waals surface area contributed by atoms with Gasteiger partial charge in [0.25, 0.3) is 0 Å².